The van der Waals surface area contributed by atoms with Gasteiger partial charge in [0.15, 0.2) is 6.10 Å². The van der Waals surface area contributed by atoms with Crippen molar-refractivity contribution in [2.45, 2.75) is 148 Å². The minimum absolute atomic E-state index is 0.129. The highest BCUT2D eigenvalue weighted by molar-refractivity contribution is 7.46. The topological polar surface area (TPSA) is 132 Å². The third-order valence-electron chi connectivity index (χ3n) is 8.01. The molecule has 0 amide bonds. The third kappa shape index (κ3) is 33.3. The van der Waals surface area contributed by atoms with Gasteiger partial charge in [-0.25, -0.2) is 4.57 Å². The average molecular weight is 759 g/mol. The van der Waals surface area contributed by atoms with Crippen molar-refractivity contribution in [2.75, 3.05) is 13.2 Å². The molecule has 1 saturated heterocycles. The molecule has 1 heterocycles. The number of esters is 2. The molecule has 0 spiro atoms. The number of carbonyl (C=O) groups is 2. The van der Waals surface area contributed by atoms with Crippen molar-refractivity contribution >= 4 is 19.8 Å². The molecule has 1 aliphatic rings. The predicted octanol–water partition coefficient (Wildman–Crippen LogP) is 10.8. The van der Waals surface area contributed by atoms with E-state index in [1.54, 1.807) is 0 Å². The van der Waals surface area contributed by atoms with E-state index in [2.05, 4.69) is 103 Å². The Labute approximate surface area is 319 Å². The number of epoxide rings is 1. The Hall–Kier alpha value is -3.07. The van der Waals surface area contributed by atoms with Crippen molar-refractivity contribution in [1.29, 1.82) is 0 Å². The first-order valence-electron chi connectivity index (χ1n) is 19.7. The molecule has 0 aromatic rings. The van der Waals surface area contributed by atoms with Crippen LogP contribution >= 0.6 is 7.82 Å². The smallest absolute Gasteiger partial charge is 0.462 e. The molecule has 2 unspecified atom stereocenters. The number of carbonyl (C=O) groups excluding carboxylic acids is 2. The van der Waals surface area contributed by atoms with Crippen molar-refractivity contribution in [3.63, 3.8) is 0 Å². The second-order valence-electron chi connectivity index (χ2n) is 12.9. The second kappa shape index (κ2) is 33.5. The molecule has 0 bridgehead atoms. The lowest BCUT2D eigenvalue weighted by molar-refractivity contribution is -0.161. The Morgan fingerprint density at radius 3 is 1.64 bits per heavy atom. The second-order valence-corrected chi connectivity index (χ2v) is 14.1. The van der Waals surface area contributed by atoms with Gasteiger partial charge in [-0.3, -0.25) is 14.1 Å². The first kappa shape index (κ1) is 48.0. The van der Waals surface area contributed by atoms with Gasteiger partial charge in [0.05, 0.1) is 18.8 Å². The average Bonchev–Trinajstić information content (AvgIpc) is 3.88. The Kier molecular flexibility index (Phi) is 30.3. The van der Waals surface area contributed by atoms with E-state index in [-0.39, 0.29) is 19.4 Å². The quantitative estimate of drug-likeness (QED) is 0.0221. The van der Waals surface area contributed by atoms with E-state index < -0.39 is 32.5 Å². The summed E-state index contributed by atoms with van der Waals surface area (Å²) in [6.45, 7) is 3.35. The summed E-state index contributed by atoms with van der Waals surface area (Å²) in [7, 11) is -4.78. The van der Waals surface area contributed by atoms with E-state index in [0.29, 0.717) is 25.0 Å². The summed E-state index contributed by atoms with van der Waals surface area (Å²) in [6, 6.07) is 0. The molecule has 1 fully saturated rings. The molecule has 9 nitrogen and oxygen atoms in total. The number of phosphoric ester groups is 1. The van der Waals surface area contributed by atoms with E-state index in [4.69, 9.17) is 24.0 Å². The van der Waals surface area contributed by atoms with Crippen LogP contribution in [-0.4, -0.2) is 53.3 Å². The maximum atomic E-state index is 12.4. The van der Waals surface area contributed by atoms with Crippen molar-refractivity contribution in [3.8, 4) is 0 Å². The van der Waals surface area contributed by atoms with Gasteiger partial charge in [0, 0.05) is 12.8 Å². The predicted molar refractivity (Wildman–Crippen MR) is 215 cm³/mol. The highest BCUT2D eigenvalue weighted by Gasteiger charge is 2.35. The zero-order valence-corrected chi connectivity index (χ0v) is 33.2. The van der Waals surface area contributed by atoms with Gasteiger partial charge in [-0.2, -0.15) is 0 Å². The Balaban J connectivity index is 2.15. The highest BCUT2D eigenvalue weighted by Crippen LogP contribution is 2.36. The van der Waals surface area contributed by atoms with Gasteiger partial charge < -0.3 is 24.0 Å². The van der Waals surface area contributed by atoms with Crippen molar-refractivity contribution in [1.82, 2.24) is 0 Å². The Morgan fingerprint density at radius 2 is 1.06 bits per heavy atom. The molecule has 2 N–H and O–H groups in total. The summed E-state index contributed by atoms with van der Waals surface area (Å²) >= 11 is 0. The number of hydrogen-bond donors (Lipinski definition) is 2. The normalized spacial score (nSPS) is 17.4. The first-order valence-corrected chi connectivity index (χ1v) is 21.2. The monoisotopic (exact) mass is 758 g/mol. The van der Waals surface area contributed by atoms with Crippen LogP contribution in [0.2, 0.25) is 0 Å². The summed E-state index contributed by atoms with van der Waals surface area (Å²) in [5.41, 5.74) is 0. The van der Waals surface area contributed by atoms with Crippen LogP contribution in [0.5, 0.6) is 0 Å². The molecule has 0 aliphatic carbocycles. The minimum atomic E-state index is -4.78. The van der Waals surface area contributed by atoms with Crippen molar-refractivity contribution in [3.05, 3.63) is 97.2 Å². The van der Waals surface area contributed by atoms with Crippen LogP contribution in [0.3, 0.4) is 0 Å². The lowest BCUT2D eigenvalue weighted by Gasteiger charge is -2.18. The Morgan fingerprint density at radius 1 is 0.585 bits per heavy atom. The van der Waals surface area contributed by atoms with Gasteiger partial charge in [0.2, 0.25) is 0 Å². The zero-order chi connectivity index (χ0) is 38.7. The maximum Gasteiger partial charge on any atom is 0.469 e. The van der Waals surface area contributed by atoms with Crippen molar-refractivity contribution in [2.24, 2.45) is 0 Å². The molecule has 53 heavy (non-hydrogen) atoms. The summed E-state index contributed by atoms with van der Waals surface area (Å²) in [5.74, 6) is -1.02. The SMILES string of the molecule is CC/C=C\C/C=C\C/C=C\CCCCCCCC(=O)O[C@H](COC(=O)CC/C=C\C/C=C\C/C=C\C/C=C\CC1OC1C/C=C\CC)COP(=O)(O)O. The van der Waals surface area contributed by atoms with Gasteiger partial charge in [0.1, 0.15) is 6.61 Å². The molecular formula is C43H67O9P. The van der Waals surface area contributed by atoms with Crippen LogP contribution in [0.15, 0.2) is 97.2 Å². The molecule has 0 aromatic heterocycles. The summed E-state index contributed by atoms with van der Waals surface area (Å²) in [4.78, 5) is 42.7. The number of hydrogen-bond acceptors (Lipinski definition) is 7. The molecule has 1 aliphatic heterocycles. The summed E-state index contributed by atoms with van der Waals surface area (Å²) < 4.78 is 31.9. The third-order valence-corrected chi connectivity index (χ3v) is 8.50. The van der Waals surface area contributed by atoms with E-state index in [0.717, 1.165) is 89.9 Å². The molecule has 298 valence electrons. The van der Waals surface area contributed by atoms with Crippen LogP contribution < -0.4 is 0 Å². The molecule has 0 saturated carbocycles. The largest absolute Gasteiger partial charge is 0.469 e. The number of rotatable bonds is 33. The Bertz CT molecular complexity index is 1240. The molecule has 10 heteroatoms. The van der Waals surface area contributed by atoms with Crippen LogP contribution in [0, 0.1) is 0 Å². The van der Waals surface area contributed by atoms with E-state index >= 15 is 0 Å². The van der Waals surface area contributed by atoms with E-state index in [1.165, 1.54) is 0 Å². The highest BCUT2D eigenvalue weighted by atomic mass is 31.2. The van der Waals surface area contributed by atoms with Gasteiger partial charge >= 0.3 is 19.8 Å². The zero-order valence-electron chi connectivity index (χ0n) is 32.3. The van der Waals surface area contributed by atoms with E-state index in [1.807, 2.05) is 12.2 Å². The standard InChI is InChI=1S/C43H67O9P/c1-3-5-7-8-9-10-11-12-13-14-19-22-25-28-32-36-43(45)51-39(38-50-53(46,47)48)37-49-42(44)35-31-27-24-21-18-16-15-17-20-23-26-30-34-41-40(52-41)33-29-6-4-2/h5-7,9-10,12-13,16-18,20,24,26-27,29-30,39-41H,3-4,8,11,14-15,19,21-23,25,28,31-38H2,1-2H3,(H2,46,47,48)/b7-5-,10-9-,13-12-,18-16-,20-17-,27-24-,29-6-,30-26-/t39-,40?,41?/m1/s1. The number of phosphoric acid groups is 1. The van der Waals surface area contributed by atoms with Gasteiger partial charge in [-0.1, -0.05) is 130 Å². The summed E-state index contributed by atoms with van der Waals surface area (Å²) in [5, 5.41) is 0. The van der Waals surface area contributed by atoms with E-state index in [9.17, 15) is 14.2 Å². The van der Waals surface area contributed by atoms with Gasteiger partial charge in [-0.05, 0) is 83.5 Å². The number of ether oxygens (including phenoxy) is 3. The van der Waals surface area contributed by atoms with Crippen LogP contribution in [0.25, 0.3) is 0 Å². The minimum Gasteiger partial charge on any atom is -0.462 e. The van der Waals surface area contributed by atoms with Gasteiger partial charge in [-0.15, -0.1) is 0 Å². The fourth-order valence-corrected chi connectivity index (χ4v) is 5.40. The fourth-order valence-electron chi connectivity index (χ4n) is 5.04. The molecular weight excluding hydrogens is 691 g/mol. The van der Waals surface area contributed by atoms with Gasteiger partial charge in [0.25, 0.3) is 0 Å². The lowest BCUT2D eigenvalue weighted by Crippen LogP contribution is -2.29. The summed E-state index contributed by atoms with van der Waals surface area (Å²) in [6.07, 6.45) is 48.9. The molecule has 3 atom stereocenters. The number of unbranched alkanes of at least 4 members (excludes halogenated alkanes) is 5. The maximum absolute atomic E-state index is 12.4. The molecule has 0 radical (unpaired) electrons. The molecule has 1 rings (SSSR count). The van der Waals surface area contributed by atoms with Crippen molar-refractivity contribution < 1.29 is 42.7 Å². The fraction of sp³-hybridized carbons (Fsp3) is 0.581. The lowest BCUT2D eigenvalue weighted by atomic mass is 10.1. The number of allylic oxidation sites excluding steroid dienone is 14. The van der Waals surface area contributed by atoms with Crippen LogP contribution in [-0.2, 0) is 32.9 Å². The molecule has 0 aromatic carbocycles. The van der Waals surface area contributed by atoms with Crippen LogP contribution in [0.4, 0.5) is 0 Å². The van der Waals surface area contributed by atoms with Crippen LogP contribution in [0.1, 0.15) is 129 Å². The first-order chi connectivity index (χ1) is 25.7.